The smallest absolute Gasteiger partial charge is 0.0396 e. The minimum atomic E-state index is 0.677. The molecule has 0 bridgehead atoms. The molecule has 1 aromatic carbocycles. The summed E-state index contributed by atoms with van der Waals surface area (Å²) in [7, 11) is 0. The Morgan fingerprint density at radius 3 is 2.18 bits per heavy atom. The van der Waals surface area contributed by atoms with E-state index in [2.05, 4.69) is 55.7 Å². The van der Waals surface area contributed by atoms with E-state index in [0.717, 1.165) is 13.1 Å². The molecule has 1 saturated heterocycles. The highest BCUT2D eigenvalue weighted by atomic mass is 15.3. The summed E-state index contributed by atoms with van der Waals surface area (Å²) >= 11 is 0. The molecule has 1 aliphatic rings. The van der Waals surface area contributed by atoms with Gasteiger partial charge >= 0.3 is 0 Å². The van der Waals surface area contributed by atoms with E-state index in [-0.39, 0.29) is 0 Å². The second-order valence-corrected chi connectivity index (χ2v) is 5.41. The van der Waals surface area contributed by atoms with Gasteiger partial charge in [-0.3, -0.25) is 4.90 Å². The summed E-state index contributed by atoms with van der Waals surface area (Å²) in [5.41, 5.74) is 4.18. The predicted molar refractivity (Wildman–Crippen MR) is 74.8 cm³/mol. The van der Waals surface area contributed by atoms with Gasteiger partial charge in [0.15, 0.2) is 0 Å². The number of aryl methyl sites for hydroxylation is 2. The molecule has 2 heteroatoms. The predicted octanol–water partition coefficient (Wildman–Crippen LogP) is 2.83. The zero-order chi connectivity index (χ0) is 12.4. The number of nitrogens with zero attached hydrogens (tertiary/aromatic N) is 2. The van der Waals surface area contributed by atoms with Crippen LogP contribution < -0.4 is 4.90 Å². The summed E-state index contributed by atoms with van der Waals surface area (Å²) in [5.74, 6) is 0. The lowest BCUT2D eigenvalue weighted by atomic mass is 10.1. The van der Waals surface area contributed by atoms with Crippen LogP contribution in [0.3, 0.4) is 0 Å². The highest BCUT2D eigenvalue weighted by molar-refractivity contribution is 5.54. The first-order valence-corrected chi connectivity index (χ1v) is 6.64. The fourth-order valence-corrected chi connectivity index (χ4v) is 2.64. The summed E-state index contributed by atoms with van der Waals surface area (Å²) in [5, 5.41) is 0. The van der Waals surface area contributed by atoms with Crippen molar-refractivity contribution in [1.29, 1.82) is 0 Å². The van der Waals surface area contributed by atoms with E-state index in [1.807, 2.05) is 0 Å². The quantitative estimate of drug-likeness (QED) is 0.773. The highest BCUT2D eigenvalue weighted by Gasteiger charge is 2.19. The number of hydrogen-bond donors (Lipinski definition) is 0. The van der Waals surface area contributed by atoms with Gasteiger partial charge in [-0.05, 0) is 39.3 Å². The Balaban J connectivity index is 2.05. The molecule has 1 heterocycles. The molecule has 17 heavy (non-hydrogen) atoms. The molecule has 2 rings (SSSR count). The van der Waals surface area contributed by atoms with Crippen LogP contribution >= 0.6 is 0 Å². The van der Waals surface area contributed by atoms with Crippen molar-refractivity contribution in [1.82, 2.24) is 4.90 Å². The van der Waals surface area contributed by atoms with Crippen molar-refractivity contribution in [2.45, 2.75) is 33.7 Å². The number of benzene rings is 1. The van der Waals surface area contributed by atoms with Gasteiger partial charge in [-0.1, -0.05) is 17.7 Å². The van der Waals surface area contributed by atoms with E-state index in [1.54, 1.807) is 0 Å². The van der Waals surface area contributed by atoms with Gasteiger partial charge in [0.25, 0.3) is 0 Å². The van der Waals surface area contributed by atoms with E-state index in [9.17, 15) is 0 Å². The van der Waals surface area contributed by atoms with Crippen molar-refractivity contribution in [3.8, 4) is 0 Å². The molecule has 0 N–H and O–H groups in total. The number of anilines is 1. The third-order valence-electron chi connectivity index (χ3n) is 3.74. The summed E-state index contributed by atoms with van der Waals surface area (Å²) < 4.78 is 0. The minimum absolute atomic E-state index is 0.677. The van der Waals surface area contributed by atoms with Crippen LogP contribution in [-0.4, -0.2) is 37.1 Å². The molecule has 0 aliphatic carbocycles. The fourth-order valence-electron chi connectivity index (χ4n) is 2.64. The van der Waals surface area contributed by atoms with Crippen molar-refractivity contribution in [3.63, 3.8) is 0 Å². The zero-order valence-corrected chi connectivity index (χ0v) is 11.5. The van der Waals surface area contributed by atoms with Crippen LogP contribution in [-0.2, 0) is 0 Å². The normalized spacial score (nSPS) is 17.8. The molecule has 0 radical (unpaired) electrons. The third kappa shape index (κ3) is 2.81. The lowest BCUT2D eigenvalue weighted by molar-refractivity contribution is 0.209. The summed E-state index contributed by atoms with van der Waals surface area (Å²) in [6, 6.07) is 7.45. The van der Waals surface area contributed by atoms with Crippen LogP contribution in [0.25, 0.3) is 0 Å². The molecule has 0 aromatic heterocycles. The Labute approximate surface area is 105 Å². The van der Waals surface area contributed by atoms with E-state index >= 15 is 0 Å². The van der Waals surface area contributed by atoms with Crippen molar-refractivity contribution in [2.75, 3.05) is 31.1 Å². The average molecular weight is 232 g/mol. The van der Waals surface area contributed by atoms with Crippen LogP contribution in [0.2, 0.25) is 0 Å². The average Bonchev–Trinajstić information content (AvgIpc) is 2.29. The standard InChI is InChI=1S/C15H24N2/c1-12(2)16-7-9-17(10-8-16)15-6-5-13(3)11-14(15)4/h5-6,11-12H,7-10H2,1-4H3. The first-order valence-electron chi connectivity index (χ1n) is 6.64. The number of piperazine rings is 1. The molecule has 1 aromatic rings. The second kappa shape index (κ2) is 5.09. The van der Waals surface area contributed by atoms with Gasteiger partial charge < -0.3 is 4.90 Å². The van der Waals surface area contributed by atoms with Gasteiger partial charge in [0.1, 0.15) is 0 Å². The van der Waals surface area contributed by atoms with Gasteiger partial charge in [0.05, 0.1) is 0 Å². The van der Waals surface area contributed by atoms with E-state index < -0.39 is 0 Å². The van der Waals surface area contributed by atoms with Gasteiger partial charge in [0, 0.05) is 37.9 Å². The number of hydrogen-bond acceptors (Lipinski definition) is 2. The van der Waals surface area contributed by atoms with Gasteiger partial charge in [-0.15, -0.1) is 0 Å². The van der Waals surface area contributed by atoms with Crippen molar-refractivity contribution in [2.24, 2.45) is 0 Å². The topological polar surface area (TPSA) is 6.48 Å². The second-order valence-electron chi connectivity index (χ2n) is 5.41. The molecular formula is C15H24N2. The molecule has 1 fully saturated rings. The van der Waals surface area contributed by atoms with Crippen molar-refractivity contribution < 1.29 is 0 Å². The lowest BCUT2D eigenvalue weighted by Gasteiger charge is -2.38. The molecule has 1 aliphatic heterocycles. The van der Waals surface area contributed by atoms with E-state index in [1.165, 1.54) is 29.9 Å². The van der Waals surface area contributed by atoms with Gasteiger partial charge in [-0.25, -0.2) is 0 Å². The monoisotopic (exact) mass is 232 g/mol. The molecule has 0 saturated carbocycles. The van der Waals surface area contributed by atoms with E-state index in [4.69, 9.17) is 0 Å². The molecule has 0 spiro atoms. The Bertz CT molecular complexity index is 377. The van der Waals surface area contributed by atoms with Crippen molar-refractivity contribution in [3.05, 3.63) is 29.3 Å². The molecule has 0 amide bonds. The minimum Gasteiger partial charge on any atom is -0.369 e. The van der Waals surface area contributed by atoms with Gasteiger partial charge in [0.2, 0.25) is 0 Å². The third-order valence-corrected chi connectivity index (χ3v) is 3.74. The lowest BCUT2D eigenvalue weighted by Crippen LogP contribution is -2.49. The first-order chi connectivity index (χ1) is 8.08. The Hall–Kier alpha value is -1.02. The molecule has 2 nitrogen and oxygen atoms in total. The maximum atomic E-state index is 2.56. The largest absolute Gasteiger partial charge is 0.369 e. The summed E-state index contributed by atoms with van der Waals surface area (Å²) in [6.45, 7) is 13.6. The fraction of sp³-hybridized carbons (Fsp3) is 0.600. The van der Waals surface area contributed by atoms with Crippen molar-refractivity contribution >= 4 is 5.69 Å². The molecule has 94 valence electrons. The van der Waals surface area contributed by atoms with Crippen LogP contribution in [0.15, 0.2) is 18.2 Å². The maximum absolute atomic E-state index is 2.56. The summed E-state index contributed by atoms with van der Waals surface area (Å²) in [6.07, 6.45) is 0. The van der Waals surface area contributed by atoms with Gasteiger partial charge in [-0.2, -0.15) is 0 Å². The Kier molecular flexibility index (Phi) is 3.72. The summed E-state index contributed by atoms with van der Waals surface area (Å²) in [4.78, 5) is 5.08. The van der Waals surface area contributed by atoms with Crippen LogP contribution in [0, 0.1) is 13.8 Å². The van der Waals surface area contributed by atoms with Crippen LogP contribution in [0.4, 0.5) is 5.69 Å². The Morgan fingerprint density at radius 1 is 1.00 bits per heavy atom. The zero-order valence-electron chi connectivity index (χ0n) is 11.5. The number of rotatable bonds is 2. The SMILES string of the molecule is Cc1ccc(N2CCN(C(C)C)CC2)c(C)c1. The molecule has 0 unspecified atom stereocenters. The highest BCUT2D eigenvalue weighted by Crippen LogP contribution is 2.22. The maximum Gasteiger partial charge on any atom is 0.0396 e. The van der Waals surface area contributed by atoms with Crippen LogP contribution in [0.1, 0.15) is 25.0 Å². The van der Waals surface area contributed by atoms with E-state index in [0.29, 0.717) is 6.04 Å². The Morgan fingerprint density at radius 2 is 1.65 bits per heavy atom. The first kappa shape index (κ1) is 12.4. The molecule has 0 atom stereocenters. The molecular weight excluding hydrogens is 208 g/mol. The van der Waals surface area contributed by atoms with Crippen LogP contribution in [0.5, 0.6) is 0 Å².